The van der Waals surface area contributed by atoms with Gasteiger partial charge in [0.25, 0.3) is 0 Å². The minimum Gasteiger partial charge on any atom is -0.369 e. The number of rotatable bonds is 3. The predicted octanol–water partition coefficient (Wildman–Crippen LogP) is 1.63. The van der Waals surface area contributed by atoms with Crippen LogP contribution in [0, 0.1) is 11.5 Å². The highest BCUT2D eigenvalue weighted by molar-refractivity contribution is 5.79. The Hall–Kier alpha value is -2.23. The van der Waals surface area contributed by atoms with Gasteiger partial charge in [-0.15, -0.1) is 0 Å². The van der Waals surface area contributed by atoms with E-state index < -0.39 is 11.7 Å². The van der Waals surface area contributed by atoms with Crippen molar-refractivity contribution in [1.82, 2.24) is 5.32 Å². The van der Waals surface area contributed by atoms with Gasteiger partial charge in [-0.25, -0.2) is 0 Å². The molecule has 0 aromatic heterocycles. The number of nitrogens with two attached hydrogens (primary N) is 1. The molecular formula is C11H11F3N4. The maximum Gasteiger partial charge on any atom is 0.416 e. The van der Waals surface area contributed by atoms with Crippen LogP contribution in [0.1, 0.15) is 11.1 Å². The lowest BCUT2D eigenvalue weighted by Crippen LogP contribution is -2.27. The summed E-state index contributed by atoms with van der Waals surface area (Å²) < 4.78 is 37.3. The molecule has 0 radical (unpaired) electrons. The fraction of sp³-hybridized carbons (Fsp3) is 0.273. The molecule has 0 amide bonds. The van der Waals surface area contributed by atoms with Crippen molar-refractivity contribution in [2.24, 2.45) is 10.7 Å². The van der Waals surface area contributed by atoms with E-state index in [0.717, 1.165) is 12.1 Å². The number of nitriles is 1. The molecule has 0 spiro atoms. The van der Waals surface area contributed by atoms with Crippen LogP contribution in [0.25, 0.3) is 0 Å². The minimum atomic E-state index is -4.35. The Morgan fingerprint density at radius 1 is 1.44 bits per heavy atom. The lowest BCUT2D eigenvalue weighted by Gasteiger charge is -2.08. The summed E-state index contributed by atoms with van der Waals surface area (Å²) in [6.45, 7) is 0.210. The first-order valence-electron chi connectivity index (χ1n) is 5.04. The van der Waals surface area contributed by atoms with E-state index in [1.807, 2.05) is 0 Å². The first-order chi connectivity index (χ1) is 8.43. The van der Waals surface area contributed by atoms with Gasteiger partial charge in [0, 0.05) is 6.54 Å². The molecule has 0 aliphatic heterocycles. The molecule has 0 aliphatic rings. The highest BCUT2D eigenvalue weighted by atomic mass is 19.4. The lowest BCUT2D eigenvalue weighted by molar-refractivity contribution is -0.137. The maximum atomic E-state index is 12.4. The van der Waals surface area contributed by atoms with Crippen molar-refractivity contribution < 1.29 is 13.2 Å². The summed E-state index contributed by atoms with van der Waals surface area (Å²) in [7, 11) is 0. The van der Waals surface area contributed by atoms with Crippen molar-refractivity contribution in [3.8, 4) is 6.19 Å². The van der Waals surface area contributed by atoms with Crippen molar-refractivity contribution in [3.05, 3.63) is 35.4 Å². The van der Waals surface area contributed by atoms with Gasteiger partial charge in [0.15, 0.2) is 6.19 Å². The molecule has 1 aromatic rings. The van der Waals surface area contributed by atoms with E-state index in [9.17, 15) is 13.2 Å². The predicted molar refractivity (Wildman–Crippen MR) is 60.4 cm³/mol. The fourth-order valence-corrected chi connectivity index (χ4v) is 1.31. The Morgan fingerprint density at radius 3 is 2.78 bits per heavy atom. The monoisotopic (exact) mass is 256 g/mol. The number of guanidine groups is 1. The van der Waals surface area contributed by atoms with Gasteiger partial charge >= 0.3 is 6.18 Å². The molecule has 0 saturated carbocycles. The molecule has 4 nitrogen and oxygen atoms in total. The molecule has 0 fully saturated rings. The van der Waals surface area contributed by atoms with Crippen molar-refractivity contribution in [2.45, 2.75) is 12.6 Å². The van der Waals surface area contributed by atoms with Gasteiger partial charge in [-0.1, -0.05) is 18.2 Å². The summed E-state index contributed by atoms with van der Waals surface area (Å²) in [4.78, 5) is 3.78. The molecule has 3 N–H and O–H groups in total. The zero-order valence-electron chi connectivity index (χ0n) is 9.33. The number of aliphatic imine (C=N–C) groups is 1. The first kappa shape index (κ1) is 13.8. The Balaban J connectivity index is 2.64. The number of halogens is 3. The first-order valence-corrected chi connectivity index (χ1v) is 5.04. The minimum absolute atomic E-state index is 0.0514. The highest BCUT2D eigenvalue weighted by Crippen LogP contribution is 2.29. The SMILES string of the molecule is N#CNC(N)=NCCc1cccc(C(F)(F)F)c1. The van der Waals surface area contributed by atoms with Crippen LogP contribution in [0.4, 0.5) is 13.2 Å². The topological polar surface area (TPSA) is 74.2 Å². The summed E-state index contributed by atoms with van der Waals surface area (Å²) in [6.07, 6.45) is -2.44. The van der Waals surface area contributed by atoms with Gasteiger partial charge in [-0.05, 0) is 18.1 Å². The molecule has 7 heteroatoms. The Bertz CT molecular complexity index is 474. The van der Waals surface area contributed by atoms with Gasteiger partial charge in [0.2, 0.25) is 5.96 Å². The molecule has 0 unspecified atom stereocenters. The van der Waals surface area contributed by atoms with Crippen LogP contribution in [0.2, 0.25) is 0 Å². The highest BCUT2D eigenvalue weighted by Gasteiger charge is 2.30. The smallest absolute Gasteiger partial charge is 0.369 e. The molecular weight excluding hydrogens is 245 g/mol. The number of hydrogen-bond acceptors (Lipinski definition) is 2. The van der Waals surface area contributed by atoms with Gasteiger partial charge in [0.1, 0.15) is 0 Å². The molecule has 0 aliphatic carbocycles. The number of nitrogens with one attached hydrogen (secondary N) is 1. The zero-order chi connectivity index (χ0) is 13.6. The second kappa shape index (κ2) is 5.91. The standard InChI is InChI=1S/C11H11F3N4/c12-11(13,14)9-3-1-2-8(6-9)4-5-17-10(16)18-7-15/h1-3,6H,4-5H2,(H3,16,17,18). The van der Waals surface area contributed by atoms with Crippen LogP contribution in [-0.4, -0.2) is 12.5 Å². The molecule has 0 heterocycles. The van der Waals surface area contributed by atoms with Crippen LogP contribution in [-0.2, 0) is 12.6 Å². The molecule has 1 rings (SSSR count). The average Bonchev–Trinajstić information content (AvgIpc) is 2.29. The lowest BCUT2D eigenvalue weighted by atomic mass is 10.1. The molecule has 1 aromatic carbocycles. The van der Waals surface area contributed by atoms with Gasteiger partial charge in [-0.2, -0.15) is 18.4 Å². The van der Waals surface area contributed by atoms with Crippen molar-refractivity contribution in [1.29, 1.82) is 5.26 Å². The van der Waals surface area contributed by atoms with E-state index in [-0.39, 0.29) is 12.5 Å². The number of alkyl halides is 3. The summed E-state index contributed by atoms with van der Waals surface area (Å²) in [5, 5.41) is 10.4. The van der Waals surface area contributed by atoms with Gasteiger partial charge in [0.05, 0.1) is 5.56 Å². The van der Waals surface area contributed by atoms with E-state index in [1.165, 1.54) is 6.07 Å². The number of benzene rings is 1. The van der Waals surface area contributed by atoms with E-state index >= 15 is 0 Å². The van der Waals surface area contributed by atoms with Crippen LogP contribution in [0.3, 0.4) is 0 Å². The van der Waals surface area contributed by atoms with Crippen molar-refractivity contribution in [2.75, 3.05) is 6.54 Å². The summed E-state index contributed by atoms with van der Waals surface area (Å²) in [5.41, 5.74) is 5.11. The summed E-state index contributed by atoms with van der Waals surface area (Å²) >= 11 is 0. The van der Waals surface area contributed by atoms with Crippen molar-refractivity contribution >= 4 is 5.96 Å². The fourth-order valence-electron chi connectivity index (χ4n) is 1.31. The van der Waals surface area contributed by atoms with Crippen LogP contribution >= 0.6 is 0 Å². The molecule has 96 valence electrons. The second-order valence-corrected chi connectivity index (χ2v) is 3.45. The van der Waals surface area contributed by atoms with Gasteiger partial charge < -0.3 is 5.73 Å². The van der Waals surface area contributed by atoms with E-state index in [0.29, 0.717) is 12.0 Å². The quantitative estimate of drug-likeness (QED) is 0.373. The van der Waals surface area contributed by atoms with Gasteiger partial charge in [-0.3, -0.25) is 10.3 Å². The van der Waals surface area contributed by atoms with E-state index in [1.54, 1.807) is 12.3 Å². The number of nitrogens with zero attached hydrogens (tertiary/aromatic N) is 2. The largest absolute Gasteiger partial charge is 0.416 e. The van der Waals surface area contributed by atoms with Crippen LogP contribution in [0.15, 0.2) is 29.3 Å². The molecule has 0 bridgehead atoms. The van der Waals surface area contributed by atoms with Crippen molar-refractivity contribution in [3.63, 3.8) is 0 Å². The maximum absolute atomic E-state index is 12.4. The molecule has 0 atom stereocenters. The Kier molecular flexibility index (Phi) is 4.54. The molecule has 0 saturated heterocycles. The number of hydrogen-bond donors (Lipinski definition) is 2. The van der Waals surface area contributed by atoms with Crippen LogP contribution in [0.5, 0.6) is 0 Å². The second-order valence-electron chi connectivity index (χ2n) is 3.45. The average molecular weight is 256 g/mol. The zero-order valence-corrected chi connectivity index (χ0v) is 9.33. The Morgan fingerprint density at radius 2 is 2.17 bits per heavy atom. The summed E-state index contributed by atoms with van der Waals surface area (Å²) in [5.74, 6) is -0.0514. The van der Waals surface area contributed by atoms with Crippen LogP contribution < -0.4 is 11.1 Å². The third-order valence-corrected chi connectivity index (χ3v) is 2.12. The third kappa shape index (κ3) is 4.33. The summed E-state index contributed by atoms with van der Waals surface area (Å²) in [6, 6.07) is 5.01. The van der Waals surface area contributed by atoms with E-state index in [4.69, 9.17) is 11.0 Å². The Labute approximate surface area is 102 Å². The van der Waals surface area contributed by atoms with E-state index in [2.05, 4.69) is 10.3 Å². The third-order valence-electron chi connectivity index (χ3n) is 2.12. The normalized spacial score (nSPS) is 12.0. The molecule has 18 heavy (non-hydrogen) atoms.